The van der Waals surface area contributed by atoms with Crippen LogP contribution in [-0.4, -0.2) is 10.2 Å². The molecule has 1 aromatic carbocycles. The van der Waals surface area contributed by atoms with Crippen molar-refractivity contribution in [3.63, 3.8) is 0 Å². The number of rotatable bonds is 2. The predicted molar refractivity (Wildman–Crippen MR) is 78.1 cm³/mol. The van der Waals surface area contributed by atoms with Gasteiger partial charge in [-0.2, -0.15) is 0 Å². The third-order valence-corrected chi connectivity index (χ3v) is 3.81. The summed E-state index contributed by atoms with van der Waals surface area (Å²) in [6.07, 6.45) is 0.585. The fraction of sp³-hybridized carbons (Fsp3) is 0.250. The molecule has 0 fully saturated rings. The van der Waals surface area contributed by atoms with Crippen molar-refractivity contribution in [2.75, 3.05) is 0 Å². The van der Waals surface area contributed by atoms with Crippen molar-refractivity contribution in [3.05, 3.63) is 62.6 Å². The lowest BCUT2D eigenvalue weighted by molar-refractivity contribution is 0.538. The molecule has 2 aromatic heterocycles. The van der Waals surface area contributed by atoms with Crippen LogP contribution >= 0.6 is 0 Å². The number of hydrogen-bond acceptors (Lipinski definition) is 3. The van der Waals surface area contributed by atoms with E-state index in [1.54, 1.807) is 0 Å². The van der Waals surface area contributed by atoms with Crippen molar-refractivity contribution in [1.29, 1.82) is 0 Å². The molecule has 3 rings (SSSR count). The second-order valence-corrected chi connectivity index (χ2v) is 5.13. The van der Waals surface area contributed by atoms with Crippen LogP contribution in [0.3, 0.4) is 0 Å². The Kier molecular flexibility index (Phi) is 2.93. The maximum absolute atomic E-state index is 12.2. The van der Waals surface area contributed by atoms with Crippen LogP contribution in [0.2, 0.25) is 0 Å². The third kappa shape index (κ3) is 1.93. The molecule has 0 amide bonds. The van der Waals surface area contributed by atoms with Crippen molar-refractivity contribution in [1.82, 2.24) is 10.2 Å². The van der Waals surface area contributed by atoms with Gasteiger partial charge in [0.05, 0.1) is 5.39 Å². The largest absolute Gasteiger partial charge is 0.402 e. The molecule has 0 saturated heterocycles. The number of H-pyrrole nitrogens is 1. The molecule has 0 aliphatic heterocycles. The van der Waals surface area contributed by atoms with Crippen molar-refractivity contribution in [3.8, 4) is 0 Å². The van der Waals surface area contributed by atoms with Crippen molar-refractivity contribution in [2.45, 2.75) is 27.2 Å². The van der Waals surface area contributed by atoms with Gasteiger partial charge in [0, 0.05) is 17.7 Å². The summed E-state index contributed by atoms with van der Waals surface area (Å²) >= 11 is 0. The topological polar surface area (TPSA) is 58.9 Å². The van der Waals surface area contributed by atoms with Crippen LogP contribution in [-0.2, 0) is 6.42 Å². The van der Waals surface area contributed by atoms with Gasteiger partial charge in [0.1, 0.15) is 0 Å². The van der Waals surface area contributed by atoms with E-state index in [-0.39, 0.29) is 5.63 Å². The molecule has 4 heteroatoms. The standard InChI is InChI=1S/C16H16N2O2/c1-9-6-4-5-7-12(9)8-13-10(2)14-11(3)17-18-15(14)20-16(13)19/h4-7H,8H2,1-3H3,(H,17,18). The number of nitrogens with one attached hydrogen (secondary N) is 1. The average molecular weight is 268 g/mol. The first-order valence-electron chi connectivity index (χ1n) is 6.59. The molecule has 4 nitrogen and oxygen atoms in total. The number of fused-ring (bicyclic) bond motifs is 1. The normalized spacial score (nSPS) is 11.2. The Morgan fingerprint density at radius 2 is 1.95 bits per heavy atom. The maximum atomic E-state index is 12.2. The van der Waals surface area contributed by atoms with Crippen LogP contribution < -0.4 is 5.63 Å². The molecule has 0 radical (unpaired) electrons. The monoisotopic (exact) mass is 268 g/mol. The molecule has 0 atom stereocenters. The first kappa shape index (κ1) is 12.7. The van der Waals surface area contributed by atoms with Gasteiger partial charge in [-0.3, -0.25) is 5.10 Å². The van der Waals surface area contributed by atoms with Gasteiger partial charge in [0.2, 0.25) is 5.71 Å². The summed E-state index contributed by atoms with van der Waals surface area (Å²) in [7, 11) is 0. The summed E-state index contributed by atoms with van der Waals surface area (Å²) < 4.78 is 5.31. The van der Waals surface area contributed by atoms with Gasteiger partial charge in [0.25, 0.3) is 0 Å². The summed E-state index contributed by atoms with van der Waals surface area (Å²) in [5, 5.41) is 7.79. The average Bonchev–Trinajstić information content (AvgIpc) is 2.78. The predicted octanol–water partition coefficient (Wildman–Crippen LogP) is 3.03. The number of nitrogens with zero attached hydrogens (tertiary/aromatic N) is 1. The zero-order valence-electron chi connectivity index (χ0n) is 11.8. The Morgan fingerprint density at radius 1 is 1.20 bits per heavy atom. The highest BCUT2D eigenvalue weighted by atomic mass is 16.4. The molecular weight excluding hydrogens is 252 g/mol. The van der Waals surface area contributed by atoms with Gasteiger partial charge < -0.3 is 4.42 Å². The van der Waals surface area contributed by atoms with E-state index >= 15 is 0 Å². The smallest absolute Gasteiger partial charge is 0.341 e. The van der Waals surface area contributed by atoms with Crippen molar-refractivity contribution < 1.29 is 4.42 Å². The minimum atomic E-state index is -0.301. The Balaban J connectivity index is 2.19. The second-order valence-electron chi connectivity index (χ2n) is 5.13. The number of benzene rings is 1. The van der Waals surface area contributed by atoms with Crippen molar-refractivity contribution in [2.24, 2.45) is 0 Å². The third-order valence-electron chi connectivity index (χ3n) is 3.81. The molecule has 1 N–H and O–H groups in total. The van der Waals surface area contributed by atoms with Crippen LogP contribution in [0.1, 0.15) is 27.9 Å². The van der Waals surface area contributed by atoms with Gasteiger partial charge in [-0.1, -0.05) is 24.3 Å². The summed E-state index contributed by atoms with van der Waals surface area (Å²) in [5.41, 5.74) is 4.98. The van der Waals surface area contributed by atoms with Crippen LogP contribution in [0.15, 0.2) is 33.5 Å². The van der Waals surface area contributed by atoms with E-state index < -0.39 is 0 Å². The number of aromatic amines is 1. The Labute approximate surface area is 116 Å². The van der Waals surface area contributed by atoms with E-state index in [4.69, 9.17) is 4.42 Å². The van der Waals surface area contributed by atoms with Crippen LogP contribution in [0.4, 0.5) is 0 Å². The van der Waals surface area contributed by atoms with Crippen molar-refractivity contribution >= 4 is 11.1 Å². The molecular formula is C16H16N2O2. The first-order valence-corrected chi connectivity index (χ1v) is 6.59. The highest BCUT2D eigenvalue weighted by Crippen LogP contribution is 2.22. The highest BCUT2D eigenvalue weighted by Gasteiger charge is 2.16. The van der Waals surface area contributed by atoms with E-state index in [2.05, 4.69) is 10.2 Å². The first-order chi connectivity index (χ1) is 9.58. The van der Waals surface area contributed by atoms with E-state index in [9.17, 15) is 4.79 Å². The lowest BCUT2D eigenvalue weighted by atomic mass is 9.97. The summed E-state index contributed by atoms with van der Waals surface area (Å²) in [4.78, 5) is 12.2. The number of aryl methyl sites for hydroxylation is 3. The van der Waals surface area contributed by atoms with E-state index in [1.807, 2.05) is 45.0 Å². The molecule has 0 saturated carbocycles. The molecule has 0 aliphatic rings. The quantitative estimate of drug-likeness (QED) is 0.777. The van der Waals surface area contributed by atoms with Crippen LogP contribution in [0, 0.1) is 20.8 Å². The second kappa shape index (κ2) is 4.63. The molecule has 3 aromatic rings. The van der Waals surface area contributed by atoms with Gasteiger partial charge >= 0.3 is 5.63 Å². The molecule has 0 spiro atoms. The fourth-order valence-corrected chi connectivity index (χ4v) is 2.58. The SMILES string of the molecule is Cc1ccccc1Cc1c(C)c2c(C)[nH]nc2oc1=O. The lowest BCUT2D eigenvalue weighted by Crippen LogP contribution is -2.11. The van der Waals surface area contributed by atoms with E-state index in [0.29, 0.717) is 17.7 Å². The molecule has 102 valence electrons. The van der Waals surface area contributed by atoms with Crippen LogP contribution in [0.25, 0.3) is 11.1 Å². The fourth-order valence-electron chi connectivity index (χ4n) is 2.58. The Bertz CT molecular complexity index is 843. The zero-order chi connectivity index (χ0) is 14.3. The molecule has 20 heavy (non-hydrogen) atoms. The number of aromatic nitrogens is 2. The molecule has 0 unspecified atom stereocenters. The maximum Gasteiger partial charge on any atom is 0.341 e. The summed E-state index contributed by atoms with van der Waals surface area (Å²) in [6, 6.07) is 8.08. The number of hydrogen-bond donors (Lipinski definition) is 1. The van der Waals surface area contributed by atoms with Gasteiger partial charge in [-0.15, -0.1) is 5.10 Å². The zero-order valence-corrected chi connectivity index (χ0v) is 11.8. The molecule has 0 aliphatic carbocycles. The van der Waals surface area contributed by atoms with Gasteiger partial charge in [-0.25, -0.2) is 4.79 Å². The molecule has 2 heterocycles. The minimum Gasteiger partial charge on any atom is -0.402 e. The minimum absolute atomic E-state index is 0.301. The van der Waals surface area contributed by atoms with Gasteiger partial charge in [0.15, 0.2) is 0 Å². The lowest BCUT2D eigenvalue weighted by Gasteiger charge is -2.08. The van der Waals surface area contributed by atoms with E-state index in [0.717, 1.165) is 22.2 Å². The summed E-state index contributed by atoms with van der Waals surface area (Å²) in [5.74, 6) is 0. The Hall–Kier alpha value is -2.36. The Morgan fingerprint density at radius 3 is 2.70 bits per heavy atom. The van der Waals surface area contributed by atoms with Crippen LogP contribution in [0.5, 0.6) is 0 Å². The summed E-state index contributed by atoms with van der Waals surface area (Å²) in [6.45, 7) is 5.93. The van der Waals surface area contributed by atoms with E-state index in [1.165, 1.54) is 5.56 Å². The molecule has 0 bridgehead atoms. The highest BCUT2D eigenvalue weighted by molar-refractivity contribution is 5.80. The van der Waals surface area contributed by atoms with Gasteiger partial charge in [-0.05, 0) is 37.5 Å².